The maximum Gasteiger partial charge on any atom is 0.257 e. The van der Waals surface area contributed by atoms with Crippen molar-refractivity contribution in [2.24, 2.45) is 0 Å². The molecule has 94 valence electrons. The number of nitrogens with zero attached hydrogens (tertiary/aromatic N) is 1. The fourth-order valence-corrected chi connectivity index (χ4v) is 1.92. The van der Waals surface area contributed by atoms with Gasteiger partial charge in [-0.15, -0.1) is 11.3 Å². The summed E-state index contributed by atoms with van der Waals surface area (Å²) < 4.78 is 26.9. The van der Waals surface area contributed by atoms with E-state index >= 15 is 0 Å². The molecule has 2 N–H and O–H groups in total. The van der Waals surface area contributed by atoms with Gasteiger partial charge in [0.2, 0.25) is 0 Å². The summed E-state index contributed by atoms with van der Waals surface area (Å²) in [6, 6.07) is 1.94. The van der Waals surface area contributed by atoms with Gasteiger partial charge in [0.1, 0.15) is 17.3 Å². The zero-order valence-corrected chi connectivity index (χ0v) is 10.1. The third-order valence-electron chi connectivity index (χ3n) is 2.21. The van der Waals surface area contributed by atoms with Gasteiger partial charge in [0, 0.05) is 24.2 Å². The number of carbonyl (C=O) groups excluding carboxylic acids is 1. The van der Waals surface area contributed by atoms with E-state index in [2.05, 4.69) is 15.6 Å². The molecule has 0 bridgehead atoms. The molecule has 1 heterocycles. The highest BCUT2D eigenvalue weighted by molar-refractivity contribution is 7.13. The third kappa shape index (κ3) is 2.45. The normalized spacial score (nSPS) is 10.2. The number of carbonyl (C=O) groups is 1. The monoisotopic (exact) mass is 269 g/mol. The fraction of sp³-hybridized carbons (Fsp3) is 0.0909. The quantitative estimate of drug-likeness (QED) is 0.900. The number of benzene rings is 1. The number of thiazole rings is 1. The molecule has 0 spiro atoms. The van der Waals surface area contributed by atoms with Crippen LogP contribution in [0.2, 0.25) is 0 Å². The molecule has 2 rings (SSSR count). The van der Waals surface area contributed by atoms with E-state index in [0.717, 1.165) is 12.1 Å². The van der Waals surface area contributed by atoms with Crippen molar-refractivity contribution < 1.29 is 13.6 Å². The van der Waals surface area contributed by atoms with Crippen molar-refractivity contribution >= 4 is 28.1 Å². The Morgan fingerprint density at radius 1 is 1.33 bits per heavy atom. The van der Waals surface area contributed by atoms with Crippen LogP contribution in [0.15, 0.2) is 23.7 Å². The first kappa shape index (κ1) is 12.4. The molecule has 0 saturated carbocycles. The zero-order valence-electron chi connectivity index (χ0n) is 9.33. The summed E-state index contributed by atoms with van der Waals surface area (Å²) >= 11 is 1.22. The minimum Gasteiger partial charge on any atom is -0.383 e. The van der Waals surface area contributed by atoms with Gasteiger partial charge in [-0.3, -0.25) is 10.1 Å². The molecule has 18 heavy (non-hydrogen) atoms. The van der Waals surface area contributed by atoms with Crippen LogP contribution in [0.1, 0.15) is 10.4 Å². The highest BCUT2D eigenvalue weighted by Gasteiger charge is 2.14. The Labute approximate surface area is 106 Å². The average Bonchev–Trinajstić information content (AvgIpc) is 2.81. The number of hydrogen-bond donors (Lipinski definition) is 2. The Morgan fingerprint density at radius 3 is 2.50 bits per heavy atom. The summed E-state index contributed by atoms with van der Waals surface area (Å²) in [6.07, 6.45) is 1.52. The zero-order chi connectivity index (χ0) is 13.1. The lowest BCUT2D eigenvalue weighted by Crippen LogP contribution is -2.13. The van der Waals surface area contributed by atoms with Gasteiger partial charge in [-0.2, -0.15) is 0 Å². The Hall–Kier alpha value is -2.02. The molecule has 0 saturated heterocycles. The summed E-state index contributed by atoms with van der Waals surface area (Å²) in [5.41, 5.74) is -0.361. The van der Waals surface area contributed by atoms with E-state index in [0.29, 0.717) is 5.13 Å². The Morgan fingerprint density at radius 2 is 2.00 bits per heavy atom. The van der Waals surface area contributed by atoms with Crippen LogP contribution in [0, 0.1) is 11.6 Å². The van der Waals surface area contributed by atoms with Gasteiger partial charge in [0.25, 0.3) is 5.91 Å². The molecule has 0 aliphatic heterocycles. The van der Waals surface area contributed by atoms with Crippen molar-refractivity contribution in [3.05, 3.63) is 40.9 Å². The molecule has 0 aliphatic rings. The van der Waals surface area contributed by atoms with Gasteiger partial charge in [0.15, 0.2) is 5.13 Å². The fourth-order valence-electron chi connectivity index (χ4n) is 1.40. The predicted molar refractivity (Wildman–Crippen MR) is 66.0 cm³/mol. The Bertz CT molecular complexity index is 549. The second-order valence-electron chi connectivity index (χ2n) is 3.36. The first-order chi connectivity index (χ1) is 8.61. The van der Waals surface area contributed by atoms with Gasteiger partial charge in [-0.05, 0) is 12.1 Å². The number of nitrogens with one attached hydrogen (secondary N) is 2. The van der Waals surface area contributed by atoms with Crippen molar-refractivity contribution in [1.29, 1.82) is 0 Å². The SMILES string of the molecule is CNc1c(F)cc(C(=O)Nc2nccs2)cc1F. The predicted octanol–water partition coefficient (Wildman–Crippen LogP) is 2.72. The van der Waals surface area contributed by atoms with E-state index in [9.17, 15) is 13.6 Å². The lowest BCUT2D eigenvalue weighted by atomic mass is 10.1. The van der Waals surface area contributed by atoms with Crippen molar-refractivity contribution in [3.8, 4) is 0 Å². The average molecular weight is 269 g/mol. The van der Waals surface area contributed by atoms with E-state index in [1.54, 1.807) is 5.38 Å². The minimum atomic E-state index is -0.818. The lowest BCUT2D eigenvalue weighted by molar-refractivity contribution is 0.102. The molecular formula is C11H9F2N3OS. The second-order valence-corrected chi connectivity index (χ2v) is 4.25. The number of hydrogen-bond acceptors (Lipinski definition) is 4. The Kier molecular flexibility index (Phi) is 3.52. The number of rotatable bonds is 3. The van der Waals surface area contributed by atoms with Crippen LogP contribution in [0.3, 0.4) is 0 Å². The number of aromatic nitrogens is 1. The number of amides is 1. The number of anilines is 2. The topological polar surface area (TPSA) is 54.0 Å². The highest BCUT2D eigenvalue weighted by Crippen LogP contribution is 2.21. The summed E-state index contributed by atoms with van der Waals surface area (Å²) in [4.78, 5) is 15.6. The van der Waals surface area contributed by atoms with E-state index < -0.39 is 17.5 Å². The molecule has 1 aromatic heterocycles. The van der Waals surface area contributed by atoms with Crippen LogP contribution in [0.5, 0.6) is 0 Å². The molecule has 1 amide bonds. The minimum absolute atomic E-state index is 0.0980. The van der Waals surface area contributed by atoms with Crippen LogP contribution in [0.25, 0.3) is 0 Å². The lowest BCUT2D eigenvalue weighted by Gasteiger charge is -2.07. The Balaban J connectivity index is 2.26. The standard InChI is InChI=1S/C11H9F2N3OS/c1-14-9-7(12)4-6(5-8(9)13)10(17)16-11-15-2-3-18-11/h2-5,14H,1H3,(H,15,16,17). The van der Waals surface area contributed by atoms with Crippen molar-refractivity contribution in [2.75, 3.05) is 17.7 Å². The van der Waals surface area contributed by atoms with Crippen LogP contribution < -0.4 is 10.6 Å². The van der Waals surface area contributed by atoms with Gasteiger partial charge in [0.05, 0.1) is 0 Å². The van der Waals surface area contributed by atoms with E-state index in [-0.39, 0.29) is 11.3 Å². The van der Waals surface area contributed by atoms with E-state index in [4.69, 9.17) is 0 Å². The molecule has 0 unspecified atom stereocenters. The second kappa shape index (κ2) is 5.09. The first-order valence-electron chi connectivity index (χ1n) is 4.99. The molecule has 0 aliphatic carbocycles. The molecule has 2 aromatic rings. The molecule has 0 atom stereocenters. The highest BCUT2D eigenvalue weighted by atomic mass is 32.1. The van der Waals surface area contributed by atoms with Gasteiger partial charge < -0.3 is 5.32 Å². The van der Waals surface area contributed by atoms with E-state index in [1.165, 1.54) is 24.6 Å². The van der Waals surface area contributed by atoms with Gasteiger partial charge >= 0.3 is 0 Å². The molecule has 0 fully saturated rings. The van der Waals surface area contributed by atoms with Gasteiger partial charge in [-0.1, -0.05) is 0 Å². The largest absolute Gasteiger partial charge is 0.383 e. The van der Waals surface area contributed by atoms with Crippen molar-refractivity contribution in [2.45, 2.75) is 0 Å². The van der Waals surface area contributed by atoms with Crippen molar-refractivity contribution in [3.63, 3.8) is 0 Å². The third-order valence-corrected chi connectivity index (χ3v) is 2.90. The summed E-state index contributed by atoms with van der Waals surface area (Å²) in [5, 5.41) is 6.88. The first-order valence-corrected chi connectivity index (χ1v) is 5.87. The van der Waals surface area contributed by atoms with Crippen LogP contribution in [-0.4, -0.2) is 17.9 Å². The molecule has 4 nitrogen and oxygen atoms in total. The number of halogens is 2. The maximum atomic E-state index is 13.5. The molecule has 1 aromatic carbocycles. The van der Waals surface area contributed by atoms with Crippen LogP contribution in [0.4, 0.5) is 19.6 Å². The van der Waals surface area contributed by atoms with Crippen LogP contribution >= 0.6 is 11.3 Å². The molecule has 0 radical (unpaired) electrons. The maximum absolute atomic E-state index is 13.5. The van der Waals surface area contributed by atoms with Gasteiger partial charge in [-0.25, -0.2) is 13.8 Å². The van der Waals surface area contributed by atoms with Crippen LogP contribution in [-0.2, 0) is 0 Å². The van der Waals surface area contributed by atoms with E-state index in [1.807, 2.05) is 0 Å². The summed E-state index contributed by atoms with van der Waals surface area (Å²) in [6.45, 7) is 0. The molecular weight excluding hydrogens is 260 g/mol. The smallest absolute Gasteiger partial charge is 0.257 e. The molecule has 7 heteroatoms. The van der Waals surface area contributed by atoms with Crippen molar-refractivity contribution in [1.82, 2.24) is 4.98 Å². The summed E-state index contributed by atoms with van der Waals surface area (Å²) in [5.74, 6) is -2.24. The summed E-state index contributed by atoms with van der Waals surface area (Å²) in [7, 11) is 1.40.